The van der Waals surface area contributed by atoms with Crippen LogP contribution in [-0.4, -0.2) is 52.9 Å². The molecule has 0 saturated carbocycles. The van der Waals surface area contributed by atoms with Gasteiger partial charge in [0.2, 0.25) is 11.9 Å². The summed E-state index contributed by atoms with van der Waals surface area (Å²) >= 11 is 1.45. The van der Waals surface area contributed by atoms with Crippen molar-refractivity contribution in [2.45, 2.75) is 5.41 Å². The first-order valence-corrected chi connectivity index (χ1v) is 10.8. The molecule has 2 spiro atoms. The molecule has 2 amide bonds. The number of nitrogens with zero attached hydrogens (tertiary/aromatic N) is 4. The maximum absolute atomic E-state index is 13.5. The van der Waals surface area contributed by atoms with E-state index in [4.69, 9.17) is 0 Å². The van der Waals surface area contributed by atoms with Gasteiger partial charge in [-0.25, -0.2) is 9.97 Å². The Bertz CT molecular complexity index is 1140. The highest BCUT2D eigenvalue weighted by Crippen LogP contribution is 2.58. The fraction of sp³-hybridized carbons (Fsp3) is 0.273. The van der Waals surface area contributed by atoms with Gasteiger partial charge in [-0.05, 0) is 29.1 Å². The van der Waals surface area contributed by atoms with Crippen LogP contribution in [0.25, 0.3) is 0 Å². The Morgan fingerprint density at radius 2 is 1.80 bits per heavy atom. The van der Waals surface area contributed by atoms with E-state index in [0.717, 1.165) is 16.1 Å². The Balaban J connectivity index is 1.41. The number of likely N-dealkylation sites (tertiary alicyclic amines) is 1. The van der Waals surface area contributed by atoms with Crippen molar-refractivity contribution < 1.29 is 9.59 Å². The molecular formula is C22H19N5O2S. The molecule has 7 nitrogen and oxygen atoms in total. The zero-order valence-electron chi connectivity index (χ0n) is 16.1. The number of carbonyl (C=O) groups excluding carboxylic acids is 2. The Morgan fingerprint density at radius 1 is 1.00 bits per heavy atom. The van der Waals surface area contributed by atoms with Crippen LogP contribution in [0.5, 0.6) is 0 Å². The van der Waals surface area contributed by atoms with E-state index in [2.05, 4.69) is 20.2 Å². The van der Waals surface area contributed by atoms with Gasteiger partial charge in [0.1, 0.15) is 5.41 Å². The van der Waals surface area contributed by atoms with Crippen LogP contribution in [0.3, 0.4) is 0 Å². The number of aromatic nitrogens is 2. The molecular weight excluding hydrogens is 398 g/mol. The number of hydrogen-bond acceptors (Lipinski definition) is 6. The number of rotatable bonds is 2. The average Bonchev–Trinajstić information content (AvgIpc) is 3.46. The smallest absolute Gasteiger partial charge is 0.263 e. The second-order valence-corrected chi connectivity index (χ2v) is 9.18. The van der Waals surface area contributed by atoms with E-state index in [9.17, 15) is 9.59 Å². The third kappa shape index (κ3) is 2.19. The number of para-hydroxylation sites is 1. The molecule has 1 atom stereocenters. The molecule has 6 rings (SSSR count). The van der Waals surface area contributed by atoms with Crippen LogP contribution in [0.4, 0.5) is 11.6 Å². The maximum atomic E-state index is 13.5. The van der Waals surface area contributed by atoms with E-state index in [1.165, 1.54) is 11.3 Å². The van der Waals surface area contributed by atoms with Crippen LogP contribution in [-0.2, 0) is 10.2 Å². The number of nitrogens with one attached hydrogen (secondary N) is 1. The standard InChI is InChI=1S/C22H19N5O2S/c28-18(17-7-3-10-30-17)26-11-21(12-26)13-27(20-23-8-4-9-24-20)14-22(21)15-5-1-2-6-16(15)25-19(22)29/h1-10H,11-14H2,(H,25,29)/t22-/m0/s1. The minimum Gasteiger partial charge on any atom is -0.339 e. The van der Waals surface area contributed by atoms with Crippen LogP contribution in [0, 0.1) is 5.41 Å². The summed E-state index contributed by atoms with van der Waals surface area (Å²) in [5, 5.41) is 5.00. The van der Waals surface area contributed by atoms with Gasteiger partial charge in [0, 0.05) is 49.7 Å². The number of amides is 2. The number of carbonyl (C=O) groups is 2. The molecule has 0 radical (unpaired) electrons. The third-order valence-electron chi connectivity index (χ3n) is 6.69. The lowest BCUT2D eigenvalue weighted by molar-refractivity contribution is -0.128. The second kappa shape index (κ2) is 6.12. The highest BCUT2D eigenvalue weighted by Gasteiger charge is 2.70. The molecule has 3 aliphatic rings. The molecule has 0 unspecified atom stereocenters. The van der Waals surface area contributed by atoms with Crippen molar-refractivity contribution in [3.63, 3.8) is 0 Å². The van der Waals surface area contributed by atoms with Gasteiger partial charge in [-0.15, -0.1) is 11.3 Å². The summed E-state index contributed by atoms with van der Waals surface area (Å²) in [4.78, 5) is 39.9. The van der Waals surface area contributed by atoms with Gasteiger partial charge < -0.3 is 15.1 Å². The summed E-state index contributed by atoms with van der Waals surface area (Å²) in [5.41, 5.74) is 0.766. The van der Waals surface area contributed by atoms with Crippen LogP contribution >= 0.6 is 11.3 Å². The summed E-state index contributed by atoms with van der Waals surface area (Å²) in [6.07, 6.45) is 3.44. The van der Waals surface area contributed by atoms with Gasteiger partial charge in [-0.2, -0.15) is 0 Å². The Kier molecular flexibility index (Phi) is 3.59. The van der Waals surface area contributed by atoms with Gasteiger partial charge >= 0.3 is 0 Å². The van der Waals surface area contributed by atoms with Crippen molar-refractivity contribution >= 4 is 34.8 Å². The van der Waals surface area contributed by atoms with Gasteiger partial charge in [0.05, 0.1) is 4.88 Å². The van der Waals surface area contributed by atoms with E-state index >= 15 is 0 Å². The van der Waals surface area contributed by atoms with E-state index in [1.54, 1.807) is 18.5 Å². The summed E-state index contributed by atoms with van der Waals surface area (Å²) in [6, 6.07) is 13.4. The van der Waals surface area contributed by atoms with Gasteiger partial charge in [-0.3, -0.25) is 9.59 Å². The molecule has 2 saturated heterocycles. The largest absolute Gasteiger partial charge is 0.339 e. The van der Waals surface area contributed by atoms with Gasteiger partial charge in [0.25, 0.3) is 5.91 Å². The van der Waals surface area contributed by atoms with Gasteiger partial charge in [-0.1, -0.05) is 24.3 Å². The quantitative estimate of drug-likeness (QED) is 0.693. The zero-order chi connectivity index (χ0) is 20.3. The summed E-state index contributed by atoms with van der Waals surface area (Å²) in [6.45, 7) is 2.21. The first kappa shape index (κ1) is 17.6. The second-order valence-electron chi connectivity index (χ2n) is 8.23. The number of fused-ring (bicyclic) bond motifs is 3. The lowest BCUT2D eigenvalue weighted by Gasteiger charge is -2.54. The normalized spacial score (nSPS) is 23.5. The number of hydrogen-bond donors (Lipinski definition) is 1. The van der Waals surface area contributed by atoms with Crippen molar-refractivity contribution in [3.05, 3.63) is 70.7 Å². The number of benzene rings is 1. The van der Waals surface area contributed by atoms with Crippen molar-refractivity contribution in [1.29, 1.82) is 0 Å². The molecule has 1 N–H and O–H groups in total. The maximum Gasteiger partial charge on any atom is 0.263 e. The molecule has 3 aliphatic heterocycles. The molecule has 30 heavy (non-hydrogen) atoms. The van der Waals surface area contributed by atoms with Gasteiger partial charge in [0.15, 0.2) is 0 Å². The minimum atomic E-state index is -0.727. The van der Waals surface area contributed by atoms with E-state index in [1.807, 2.05) is 46.7 Å². The van der Waals surface area contributed by atoms with Crippen molar-refractivity contribution in [1.82, 2.24) is 14.9 Å². The molecule has 8 heteroatoms. The predicted molar refractivity (Wildman–Crippen MR) is 114 cm³/mol. The fourth-order valence-electron chi connectivity index (χ4n) is 5.36. The van der Waals surface area contributed by atoms with E-state index in [-0.39, 0.29) is 17.2 Å². The molecule has 0 bridgehead atoms. The summed E-state index contributed by atoms with van der Waals surface area (Å²) in [5.74, 6) is 0.659. The van der Waals surface area contributed by atoms with Crippen LogP contribution in [0.2, 0.25) is 0 Å². The Labute approximate surface area is 177 Å². The molecule has 5 heterocycles. The lowest BCUT2D eigenvalue weighted by Crippen LogP contribution is -2.68. The van der Waals surface area contributed by atoms with Crippen LogP contribution in [0.15, 0.2) is 60.2 Å². The van der Waals surface area contributed by atoms with E-state index in [0.29, 0.717) is 32.1 Å². The molecule has 2 fully saturated rings. The number of anilines is 2. The molecule has 0 aliphatic carbocycles. The highest BCUT2D eigenvalue weighted by atomic mass is 32.1. The van der Waals surface area contributed by atoms with Crippen LogP contribution in [0.1, 0.15) is 15.2 Å². The summed E-state index contributed by atoms with van der Waals surface area (Å²) < 4.78 is 0. The lowest BCUT2D eigenvalue weighted by atomic mass is 9.58. The van der Waals surface area contributed by atoms with E-state index < -0.39 is 5.41 Å². The monoisotopic (exact) mass is 417 g/mol. The Hall–Kier alpha value is -3.26. The number of thiophene rings is 1. The first-order valence-electron chi connectivity index (χ1n) is 9.89. The molecule has 150 valence electrons. The topological polar surface area (TPSA) is 78.4 Å². The summed E-state index contributed by atoms with van der Waals surface area (Å²) in [7, 11) is 0. The van der Waals surface area contributed by atoms with Crippen molar-refractivity contribution in [2.75, 3.05) is 36.4 Å². The highest BCUT2D eigenvalue weighted by molar-refractivity contribution is 7.12. The van der Waals surface area contributed by atoms with Crippen molar-refractivity contribution in [3.8, 4) is 0 Å². The first-order chi connectivity index (χ1) is 14.6. The van der Waals surface area contributed by atoms with Crippen LogP contribution < -0.4 is 10.2 Å². The third-order valence-corrected chi connectivity index (χ3v) is 7.55. The zero-order valence-corrected chi connectivity index (χ0v) is 16.9. The molecule has 2 aromatic heterocycles. The fourth-order valence-corrected chi connectivity index (χ4v) is 6.05. The SMILES string of the molecule is O=C(c1cccs1)N1CC2(C1)CN(c1ncccn1)C[C@]21C(=O)Nc2ccccc21. The minimum absolute atomic E-state index is 0.00496. The molecule has 3 aromatic rings. The molecule has 1 aromatic carbocycles. The Morgan fingerprint density at radius 3 is 2.57 bits per heavy atom. The van der Waals surface area contributed by atoms with Crippen molar-refractivity contribution in [2.24, 2.45) is 5.41 Å². The predicted octanol–water partition coefficient (Wildman–Crippen LogP) is 2.39. The average molecular weight is 417 g/mol.